The SMILES string of the molecule is CC(C)[C@@H](Nc1cc(C#N)c(C#N)cc1[N+](=O)[O-])C(=O)Nc1ccccc1. The molecule has 2 aromatic carbocycles. The van der Waals surface area contributed by atoms with Crippen LogP contribution in [-0.2, 0) is 4.79 Å². The minimum Gasteiger partial charge on any atom is -0.368 e. The zero-order valence-electron chi connectivity index (χ0n) is 14.8. The molecule has 0 aliphatic carbocycles. The number of nitro groups is 1. The first-order valence-electron chi connectivity index (χ1n) is 8.12. The number of rotatable bonds is 6. The molecule has 0 bridgehead atoms. The summed E-state index contributed by atoms with van der Waals surface area (Å²) in [6.45, 7) is 3.59. The van der Waals surface area contributed by atoms with Gasteiger partial charge in [0.25, 0.3) is 5.69 Å². The molecule has 0 aromatic heterocycles. The van der Waals surface area contributed by atoms with Crippen molar-refractivity contribution in [2.24, 2.45) is 5.92 Å². The Morgan fingerprint density at radius 3 is 2.22 bits per heavy atom. The van der Waals surface area contributed by atoms with Gasteiger partial charge in [0.1, 0.15) is 23.9 Å². The van der Waals surface area contributed by atoms with Crippen LogP contribution in [0, 0.1) is 38.7 Å². The second-order valence-electron chi connectivity index (χ2n) is 6.12. The third-order valence-electron chi connectivity index (χ3n) is 3.87. The average Bonchev–Trinajstić information content (AvgIpc) is 2.65. The third-order valence-corrected chi connectivity index (χ3v) is 3.87. The van der Waals surface area contributed by atoms with Crippen LogP contribution >= 0.6 is 0 Å². The highest BCUT2D eigenvalue weighted by Crippen LogP contribution is 2.29. The molecule has 0 spiro atoms. The third kappa shape index (κ3) is 4.59. The van der Waals surface area contributed by atoms with Crippen LogP contribution in [0.2, 0.25) is 0 Å². The number of anilines is 2. The number of benzene rings is 2. The van der Waals surface area contributed by atoms with Crippen molar-refractivity contribution in [2.45, 2.75) is 19.9 Å². The number of hydrogen-bond donors (Lipinski definition) is 2. The first-order chi connectivity index (χ1) is 12.9. The summed E-state index contributed by atoms with van der Waals surface area (Å²) in [5.41, 5.74) is 0.143. The van der Waals surface area contributed by atoms with Crippen LogP contribution in [0.4, 0.5) is 17.1 Å². The predicted octanol–water partition coefficient (Wildman–Crippen LogP) is 3.41. The van der Waals surface area contributed by atoms with E-state index in [0.717, 1.165) is 6.07 Å². The van der Waals surface area contributed by atoms with Crippen LogP contribution in [0.5, 0.6) is 0 Å². The maximum Gasteiger partial charge on any atom is 0.293 e. The number of nitrogens with zero attached hydrogens (tertiary/aromatic N) is 3. The molecule has 0 radical (unpaired) electrons. The molecule has 0 unspecified atom stereocenters. The van der Waals surface area contributed by atoms with Crippen LogP contribution in [0.1, 0.15) is 25.0 Å². The van der Waals surface area contributed by atoms with Crippen molar-refractivity contribution in [1.29, 1.82) is 10.5 Å². The number of nitrogens with one attached hydrogen (secondary N) is 2. The smallest absolute Gasteiger partial charge is 0.293 e. The molecular formula is C19H17N5O3. The highest BCUT2D eigenvalue weighted by Gasteiger charge is 2.27. The van der Waals surface area contributed by atoms with Gasteiger partial charge >= 0.3 is 0 Å². The van der Waals surface area contributed by atoms with E-state index in [1.807, 2.05) is 12.1 Å². The molecular weight excluding hydrogens is 346 g/mol. The second kappa shape index (κ2) is 8.45. The Morgan fingerprint density at radius 1 is 1.11 bits per heavy atom. The Hall–Kier alpha value is -3.91. The standard InChI is InChI=1S/C19H17N5O3/c1-12(2)18(19(25)22-15-6-4-3-5-7-15)23-16-8-13(10-20)14(11-21)9-17(16)24(26)27/h3-9,12,18,23H,1-2H3,(H,22,25)/t18-/m1/s1. The van der Waals surface area contributed by atoms with Crippen molar-refractivity contribution < 1.29 is 9.72 Å². The lowest BCUT2D eigenvalue weighted by Gasteiger charge is -2.23. The monoisotopic (exact) mass is 363 g/mol. The van der Waals surface area contributed by atoms with Crippen LogP contribution in [0.15, 0.2) is 42.5 Å². The van der Waals surface area contributed by atoms with E-state index >= 15 is 0 Å². The van der Waals surface area contributed by atoms with Crippen LogP contribution < -0.4 is 10.6 Å². The molecule has 2 aromatic rings. The van der Waals surface area contributed by atoms with Crippen molar-refractivity contribution in [3.8, 4) is 12.1 Å². The van der Waals surface area contributed by atoms with E-state index in [0.29, 0.717) is 5.69 Å². The largest absolute Gasteiger partial charge is 0.368 e. The maximum atomic E-state index is 12.7. The molecule has 1 amide bonds. The summed E-state index contributed by atoms with van der Waals surface area (Å²) < 4.78 is 0. The molecule has 0 fully saturated rings. The van der Waals surface area contributed by atoms with E-state index in [1.54, 1.807) is 44.2 Å². The predicted molar refractivity (Wildman–Crippen MR) is 99.8 cm³/mol. The van der Waals surface area contributed by atoms with E-state index in [1.165, 1.54) is 6.07 Å². The summed E-state index contributed by atoms with van der Waals surface area (Å²) >= 11 is 0. The van der Waals surface area contributed by atoms with Gasteiger partial charge < -0.3 is 10.6 Å². The summed E-state index contributed by atoms with van der Waals surface area (Å²) in [5, 5.41) is 35.2. The van der Waals surface area contributed by atoms with E-state index in [-0.39, 0.29) is 34.3 Å². The second-order valence-corrected chi connectivity index (χ2v) is 6.12. The molecule has 0 heterocycles. The Balaban J connectivity index is 2.38. The molecule has 27 heavy (non-hydrogen) atoms. The maximum absolute atomic E-state index is 12.7. The van der Waals surface area contributed by atoms with Crippen LogP contribution in [0.25, 0.3) is 0 Å². The van der Waals surface area contributed by atoms with Gasteiger partial charge in [-0.1, -0.05) is 32.0 Å². The average molecular weight is 363 g/mol. The number of hydrogen-bond acceptors (Lipinski definition) is 6. The Kier molecular flexibility index (Phi) is 6.08. The molecule has 0 saturated carbocycles. The van der Waals surface area contributed by atoms with E-state index in [2.05, 4.69) is 10.6 Å². The van der Waals surface area contributed by atoms with Gasteiger partial charge in [-0.15, -0.1) is 0 Å². The van der Waals surface area contributed by atoms with Crippen molar-refractivity contribution in [2.75, 3.05) is 10.6 Å². The van der Waals surface area contributed by atoms with Crippen LogP contribution in [-0.4, -0.2) is 16.9 Å². The van der Waals surface area contributed by atoms with Crippen LogP contribution in [0.3, 0.4) is 0 Å². The Labute approximate surface area is 156 Å². The fraction of sp³-hybridized carbons (Fsp3) is 0.211. The Morgan fingerprint density at radius 2 is 1.70 bits per heavy atom. The van der Waals surface area contributed by atoms with Crippen molar-refractivity contribution in [3.05, 3.63) is 63.7 Å². The molecule has 2 rings (SSSR count). The molecule has 136 valence electrons. The minimum atomic E-state index is -0.789. The van der Waals surface area contributed by atoms with Gasteiger partial charge in [0, 0.05) is 11.8 Å². The number of amides is 1. The zero-order valence-corrected chi connectivity index (χ0v) is 14.8. The molecule has 8 heteroatoms. The fourth-order valence-electron chi connectivity index (χ4n) is 2.48. The first-order valence-corrected chi connectivity index (χ1v) is 8.12. The lowest BCUT2D eigenvalue weighted by atomic mass is 10.0. The lowest BCUT2D eigenvalue weighted by molar-refractivity contribution is -0.384. The molecule has 0 aliphatic rings. The highest BCUT2D eigenvalue weighted by atomic mass is 16.6. The molecule has 2 N–H and O–H groups in total. The van der Waals surface area contributed by atoms with Gasteiger partial charge in [0.05, 0.1) is 16.1 Å². The van der Waals surface area contributed by atoms with Crippen molar-refractivity contribution >= 4 is 23.0 Å². The summed E-state index contributed by atoms with van der Waals surface area (Å²) in [7, 11) is 0. The quantitative estimate of drug-likeness (QED) is 0.597. The normalized spacial score (nSPS) is 11.1. The zero-order chi connectivity index (χ0) is 20.0. The summed E-state index contributed by atoms with van der Waals surface area (Å²) in [4.78, 5) is 23.4. The first kappa shape index (κ1) is 19.4. The van der Waals surface area contributed by atoms with Gasteiger partial charge in [-0.25, -0.2) is 0 Å². The summed E-state index contributed by atoms with van der Waals surface area (Å²) in [6, 6.07) is 13.9. The number of para-hydroxylation sites is 1. The molecule has 0 aliphatic heterocycles. The number of carbonyl (C=O) groups is 1. The number of nitriles is 2. The fourth-order valence-corrected chi connectivity index (χ4v) is 2.48. The van der Waals surface area contributed by atoms with E-state index in [4.69, 9.17) is 5.26 Å². The molecule has 1 atom stereocenters. The van der Waals surface area contributed by atoms with E-state index in [9.17, 15) is 20.2 Å². The van der Waals surface area contributed by atoms with E-state index < -0.39 is 11.0 Å². The summed E-state index contributed by atoms with van der Waals surface area (Å²) in [5.74, 6) is -0.567. The highest BCUT2D eigenvalue weighted by molar-refractivity contribution is 5.97. The van der Waals surface area contributed by atoms with Gasteiger partial charge in [0.2, 0.25) is 5.91 Å². The minimum absolute atomic E-state index is 0.00317. The van der Waals surface area contributed by atoms with Crippen molar-refractivity contribution in [1.82, 2.24) is 0 Å². The topological polar surface area (TPSA) is 132 Å². The van der Waals surface area contributed by atoms with Gasteiger partial charge in [0.15, 0.2) is 0 Å². The van der Waals surface area contributed by atoms with Gasteiger partial charge in [-0.05, 0) is 24.1 Å². The summed E-state index contributed by atoms with van der Waals surface area (Å²) in [6.07, 6.45) is 0. The Bertz CT molecular complexity index is 942. The molecule has 0 saturated heterocycles. The van der Waals surface area contributed by atoms with Gasteiger partial charge in [-0.3, -0.25) is 14.9 Å². The molecule has 8 nitrogen and oxygen atoms in total. The lowest BCUT2D eigenvalue weighted by Crippen LogP contribution is -2.39. The number of nitro benzene ring substituents is 1. The van der Waals surface area contributed by atoms with Crippen molar-refractivity contribution in [3.63, 3.8) is 0 Å². The number of carbonyl (C=O) groups excluding carboxylic acids is 1. The van der Waals surface area contributed by atoms with Gasteiger partial charge in [-0.2, -0.15) is 10.5 Å².